The molecule has 0 aliphatic rings. The molecule has 7 heteroatoms. The number of benzene rings is 2. The maximum atomic E-state index is 6.17. The Bertz CT molecular complexity index is 820. The Kier molecular flexibility index (Phi) is 5.27. The molecule has 0 atom stereocenters. The Morgan fingerprint density at radius 1 is 1.12 bits per heavy atom. The van der Waals surface area contributed by atoms with Crippen LogP contribution in [0.5, 0.6) is 5.75 Å². The van der Waals surface area contributed by atoms with E-state index < -0.39 is 0 Å². The van der Waals surface area contributed by atoms with Crippen molar-refractivity contribution in [3.05, 3.63) is 70.5 Å². The lowest BCUT2D eigenvalue weighted by Crippen LogP contribution is -2.14. The van der Waals surface area contributed by atoms with Gasteiger partial charge in [0.15, 0.2) is 5.82 Å². The quantitative estimate of drug-likeness (QED) is 0.538. The van der Waals surface area contributed by atoms with Gasteiger partial charge >= 0.3 is 0 Å². The molecule has 0 spiro atoms. The SMILES string of the molecule is COc1ccc(Cc2nnc(SCc3ccccc3Cl)n2N)cc1. The number of halogens is 1. The lowest BCUT2D eigenvalue weighted by atomic mass is 10.1. The fourth-order valence-electron chi connectivity index (χ4n) is 2.21. The third-order valence-corrected chi connectivity index (χ3v) is 4.93. The summed E-state index contributed by atoms with van der Waals surface area (Å²) in [5, 5.41) is 9.77. The molecule has 0 bridgehead atoms. The predicted molar refractivity (Wildman–Crippen MR) is 97.0 cm³/mol. The molecular formula is C17H17ClN4OS. The monoisotopic (exact) mass is 360 g/mol. The normalized spacial score (nSPS) is 10.8. The highest BCUT2D eigenvalue weighted by atomic mass is 35.5. The minimum absolute atomic E-state index is 0.611. The molecule has 2 aromatic carbocycles. The molecule has 0 aliphatic heterocycles. The van der Waals surface area contributed by atoms with Gasteiger partial charge in [0, 0.05) is 17.2 Å². The van der Waals surface area contributed by atoms with E-state index in [-0.39, 0.29) is 0 Å². The molecule has 0 saturated carbocycles. The van der Waals surface area contributed by atoms with Gasteiger partial charge in [-0.2, -0.15) is 0 Å². The number of nitrogens with two attached hydrogens (primary N) is 1. The average Bonchev–Trinajstić information content (AvgIpc) is 2.95. The lowest BCUT2D eigenvalue weighted by Gasteiger charge is -2.06. The third-order valence-electron chi connectivity index (χ3n) is 3.57. The maximum Gasteiger partial charge on any atom is 0.210 e. The second-order valence-corrected chi connectivity index (χ2v) is 6.52. The fourth-order valence-corrected chi connectivity index (χ4v) is 3.37. The molecule has 0 radical (unpaired) electrons. The molecule has 0 fully saturated rings. The standard InChI is InChI=1S/C17H17ClN4OS/c1-23-14-8-6-12(7-9-14)10-16-20-21-17(22(16)19)24-11-13-4-2-3-5-15(13)18/h2-9H,10-11,19H2,1H3. The van der Waals surface area contributed by atoms with E-state index in [9.17, 15) is 0 Å². The van der Waals surface area contributed by atoms with Crippen LogP contribution in [-0.2, 0) is 12.2 Å². The van der Waals surface area contributed by atoms with E-state index in [2.05, 4.69) is 10.2 Å². The highest BCUT2D eigenvalue weighted by molar-refractivity contribution is 7.98. The van der Waals surface area contributed by atoms with Gasteiger partial charge in [0.05, 0.1) is 7.11 Å². The summed E-state index contributed by atoms with van der Waals surface area (Å²) < 4.78 is 6.69. The van der Waals surface area contributed by atoms with E-state index in [0.717, 1.165) is 21.9 Å². The number of hydrogen-bond acceptors (Lipinski definition) is 5. The molecule has 0 aliphatic carbocycles. The zero-order valence-corrected chi connectivity index (χ0v) is 14.7. The van der Waals surface area contributed by atoms with Gasteiger partial charge < -0.3 is 10.6 Å². The minimum Gasteiger partial charge on any atom is -0.497 e. The zero-order valence-electron chi connectivity index (χ0n) is 13.1. The number of methoxy groups -OCH3 is 1. The molecule has 0 unspecified atom stereocenters. The summed E-state index contributed by atoms with van der Waals surface area (Å²) in [6.07, 6.45) is 0.611. The molecular weight excluding hydrogens is 344 g/mol. The zero-order chi connectivity index (χ0) is 16.9. The summed E-state index contributed by atoms with van der Waals surface area (Å²) in [4.78, 5) is 0. The molecule has 0 saturated heterocycles. The van der Waals surface area contributed by atoms with Gasteiger partial charge in [-0.05, 0) is 29.3 Å². The second-order valence-electron chi connectivity index (χ2n) is 5.17. The Morgan fingerprint density at radius 2 is 1.88 bits per heavy atom. The van der Waals surface area contributed by atoms with Crippen LogP contribution in [0.3, 0.4) is 0 Å². The smallest absolute Gasteiger partial charge is 0.210 e. The van der Waals surface area contributed by atoms with Gasteiger partial charge in [-0.3, -0.25) is 0 Å². The van der Waals surface area contributed by atoms with Gasteiger partial charge in [0.1, 0.15) is 5.75 Å². The molecule has 24 heavy (non-hydrogen) atoms. The van der Waals surface area contributed by atoms with Crippen molar-refractivity contribution in [3.63, 3.8) is 0 Å². The Hall–Kier alpha value is -2.18. The van der Waals surface area contributed by atoms with Crippen molar-refractivity contribution in [2.24, 2.45) is 0 Å². The predicted octanol–water partition coefficient (Wildman–Crippen LogP) is 3.54. The number of hydrogen-bond donors (Lipinski definition) is 1. The van der Waals surface area contributed by atoms with Crippen LogP contribution < -0.4 is 10.6 Å². The first-order chi connectivity index (χ1) is 11.7. The van der Waals surface area contributed by atoms with Gasteiger partial charge in [-0.1, -0.05) is 53.7 Å². The van der Waals surface area contributed by atoms with E-state index in [1.807, 2.05) is 48.5 Å². The maximum absolute atomic E-state index is 6.17. The Morgan fingerprint density at radius 3 is 2.58 bits per heavy atom. The number of thioether (sulfide) groups is 1. The van der Waals surface area contributed by atoms with Crippen molar-refractivity contribution in [2.45, 2.75) is 17.3 Å². The first kappa shape index (κ1) is 16.7. The summed E-state index contributed by atoms with van der Waals surface area (Å²) in [5.74, 6) is 8.35. The van der Waals surface area contributed by atoms with Gasteiger partial charge in [-0.15, -0.1) is 10.2 Å². The van der Waals surface area contributed by atoms with Crippen molar-refractivity contribution in [3.8, 4) is 5.75 Å². The van der Waals surface area contributed by atoms with Gasteiger partial charge in [0.25, 0.3) is 0 Å². The number of rotatable bonds is 6. The van der Waals surface area contributed by atoms with Crippen LogP contribution in [-0.4, -0.2) is 22.0 Å². The van der Waals surface area contributed by atoms with Crippen LogP contribution in [0.1, 0.15) is 17.0 Å². The van der Waals surface area contributed by atoms with Crippen molar-refractivity contribution in [1.82, 2.24) is 14.9 Å². The highest BCUT2D eigenvalue weighted by Gasteiger charge is 2.12. The fraction of sp³-hybridized carbons (Fsp3) is 0.176. The Labute approximate surface area is 149 Å². The summed E-state index contributed by atoms with van der Waals surface area (Å²) >= 11 is 7.68. The first-order valence-electron chi connectivity index (χ1n) is 7.36. The van der Waals surface area contributed by atoms with Crippen LogP contribution >= 0.6 is 23.4 Å². The van der Waals surface area contributed by atoms with Crippen molar-refractivity contribution < 1.29 is 4.74 Å². The molecule has 0 amide bonds. The summed E-state index contributed by atoms with van der Waals surface area (Å²) in [5.41, 5.74) is 2.14. The third kappa shape index (κ3) is 3.83. The van der Waals surface area contributed by atoms with Crippen LogP contribution in [0.4, 0.5) is 0 Å². The van der Waals surface area contributed by atoms with Gasteiger partial charge in [-0.25, -0.2) is 4.68 Å². The number of nitrogen functional groups attached to an aromatic ring is 1. The van der Waals surface area contributed by atoms with Crippen LogP contribution in [0.2, 0.25) is 5.02 Å². The van der Waals surface area contributed by atoms with Gasteiger partial charge in [0.2, 0.25) is 5.16 Å². The van der Waals surface area contributed by atoms with Crippen molar-refractivity contribution in [1.29, 1.82) is 0 Å². The molecule has 2 N–H and O–H groups in total. The van der Waals surface area contributed by atoms with Crippen LogP contribution in [0, 0.1) is 0 Å². The van der Waals surface area contributed by atoms with Crippen LogP contribution in [0.25, 0.3) is 0 Å². The van der Waals surface area contributed by atoms with Crippen molar-refractivity contribution in [2.75, 3.05) is 13.0 Å². The van der Waals surface area contributed by atoms with E-state index in [0.29, 0.717) is 23.2 Å². The van der Waals surface area contributed by atoms with Crippen LogP contribution in [0.15, 0.2) is 53.7 Å². The first-order valence-corrected chi connectivity index (χ1v) is 8.72. The summed E-state index contributed by atoms with van der Waals surface area (Å²) in [7, 11) is 1.65. The molecule has 1 heterocycles. The topological polar surface area (TPSA) is 66.0 Å². The van der Waals surface area contributed by atoms with Crippen molar-refractivity contribution >= 4 is 23.4 Å². The van der Waals surface area contributed by atoms with E-state index in [1.165, 1.54) is 16.4 Å². The Balaban J connectivity index is 1.68. The number of ether oxygens (including phenoxy) is 1. The molecule has 3 aromatic rings. The summed E-state index contributed by atoms with van der Waals surface area (Å²) in [6, 6.07) is 15.6. The number of nitrogens with zero attached hydrogens (tertiary/aromatic N) is 3. The second kappa shape index (κ2) is 7.59. The average molecular weight is 361 g/mol. The molecule has 3 rings (SSSR count). The summed E-state index contributed by atoms with van der Waals surface area (Å²) in [6.45, 7) is 0. The molecule has 124 valence electrons. The van der Waals surface area contributed by atoms with E-state index in [1.54, 1.807) is 7.11 Å². The minimum atomic E-state index is 0.611. The molecule has 5 nitrogen and oxygen atoms in total. The highest BCUT2D eigenvalue weighted by Crippen LogP contribution is 2.25. The number of aromatic nitrogens is 3. The molecule has 1 aromatic heterocycles. The lowest BCUT2D eigenvalue weighted by molar-refractivity contribution is 0.414. The van der Waals surface area contributed by atoms with E-state index in [4.69, 9.17) is 22.2 Å². The largest absolute Gasteiger partial charge is 0.497 e. The van der Waals surface area contributed by atoms with E-state index >= 15 is 0 Å².